The van der Waals surface area contributed by atoms with Gasteiger partial charge in [0.2, 0.25) is 0 Å². The number of hydrogen-bond acceptors (Lipinski definition) is 2. The van der Waals surface area contributed by atoms with E-state index in [1.165, 1.54) is 5.56 Å². The number of benzene rings is 1. The smallest absolute Gasteiger partial charge is 0.125 e. The molecule has 0 aliphatic carbocycles. The van der Waals surface area contributed by atoms with Crippen molar-refractivity contribution < 1.29 is 4.74 Å². The minimum Gasteiger partial charge on any atom is -0.490 e. The Hall–Kier alpha value is -0.540. The molecule has 0 heterocycles. The lowest BCUT2D eigenvalue weighted by molar-refractivity contribution is 0.206. The van der Waals surface area contributed by atoms with Crippen LogP contribution in [0.3, 0.4) is 0 Å². The Morgan fingerprint density at radius 2 is 1.95 bits per heavy atom. The molecule has 2 nitrogen and oxygen atoms in total. The van der Waals surface area contributed by atoms with E-state index in [-0.39, 0.29) is 6.10 Å². The minimum absolute atomic E-state index is 0.261. The summed E-state index contributed by atoms with van der Waals surface area (Å²) in [5, 5.41) is 3.52. The van der Waals surface area contributed by atoms with Crippen LogP contribution in [0.2, 0.25) is 0 Å². The third-order valence-electron chi connectivity index (χ3n) is 3.17. The van der Waals surface area contributed by atoms with Crippen molar-refractivity contribution in [3.63, 3.8) is 0 Å². The normalized spacial score (nSPS) is 14.2. The summed E-state index contributed by atoms with van der Waals surface area (Å²) in [5.74, 6) is 0.992. The van der Waals surface area contributed by atoms with Crippen molar-refractivity contribution in [3.8, 4) is 5.75 Å². The molecule has 0 spiro atoms. The van der Waals surface area contributed by atoms with Crippen molar-refractivity contribution >= 4 is 15.9 Å². The maximum atomic E-state index is 6.10. The maximum Gasteiger partial charge on any atom is 0.125 e. The fraction of sp³-hybridized carbons (Fsp3) is 0.625. The molecular formula is C16H26BrNO. The monoisotopic (exact) mass is 327 g/mol. The van der Waals surface area contributed by atoms with Crippen LogP contribution in [0.15, 0.2) is 22.7 Å². The number of nitrogens with one attached hydrogen (secondary N) is 1. The summed E-state index contributed by atoms with van der Waals surface area (Å²) in [4.78, 5) is 0. The van der Waals surface area contributed by atoms with Crippen molar-refractivity contribution in [1.29, 1.82) is 0 Å². The van der Waals surface area contributed by atoms with Gasteiger partial charge in [0.15, 0.2) is 0 Å². The molecule has 0 aliphatic heterocycles. The minimum atomic E-state index is 0.261. The first-order chi connectivity index (χ1) is 9.08. The molecule has 2 unspecified atom stereocenters. The summed E-state index contributed by atoms with van der Waals surface area (Å²) in [7, 11) is 0. The van der Waals surface area contributed by atoms with Gasteiger partial charge in [-0.1, -0.05) is 42.3 Å². The van der Waals surface area contributed by atoms with E-state index in [0.29, 0.717) is 6.04 Å². The molecule has 3 heteroatoms. The predicted molar refractivity (Wildman–Crippen MR) is 85.8 cm³/mol. The highest BCUT2D eigenvalue weighted by Gasteiger charge is 2.13. The lowest BCUT2D eigenvalue weighted by Gasteiger charge is -2.21. The highest BCUT2D eigenvalue weighted by molar-refractivity contribution is 9.10. The fourth-order valence-electron chi connectivity index (χ4n) is 2.12. The molecule has 1 aromatic rings. The summed E-state index contributed by atoms with van der Waals surface area (Å²) >= 11 is 3.53. The van der Waals surface area contributed by atoms with E-state index in [1.807, 2.05) is 0 Å². The van der Waals surface area contributed by atoms with E-state index < -0.39 is 0 Å². The Morgan fingerprint density at radius 3 is 2.58 bits per heavy atom. The van der Waals surface area contributed by atoms with Gasteiger partial charge in [0.05, 0.1) is 6.10 Å². The van der Waals surface area contributed by atoms with Gasteiger partial charge in [-0.3, -0.25) is 0 Å². The van der Waals surface area contributed by atoms with Crippen molar-refractivity contribution in [2.45, 2.75) is 59.1 Å². The first-order valence-corrected chi connectivity index (χ1v) is 8.07. The van der Waals surface area contributed by atoms with Gasteiger partial charge >= 0.3 is 0 Å². The van der Waals surface area contributed by atoms with Gasteiger partial charge < -0.3 is 10.1 Å². The molecule has 0 saturated heterocycles. The summed E-state index contributed by atoms with van der Waals surface area (Å²) < 4.78 is 7.17. The highest BCUT2D eigenvalue weighted by atomic mass is 79.9. The SMILES string of the molecule is CCCNC(C)c1ccc(Br)cc1OC(C)CCC. The van der Waals surface area contributed by atoms with Gasteiger partial charge in [0, 0.05) is 16.1 Å². The quantitative estimate of drug-likeness (QED) is 0.719. The van der Waals surface area contributed by atoms with E-state index in [1.54, 1.807) is 0 Å². The van der Waals surface area contributed by atoms with Gasteiger partial charge in [0.1, 0.15) is 5.75 Å². The summed E-state index contributed by atoms with van der Waals surface area (Å²) in [6.07, 6.45) is 3.64. The third-order valence-corrected chi connectivity index (χ3v) is 3.66. The maximum absolute atomic E-state index is 6.10. The van der Waals surface area contributed by atoms with E-state index >= 15 is 0 Å². The molecule has 108 valence electrons. The first kappa shape index (κ1) is 16.5. The standard InChI is InChI=1S/C16H26BrNO/c1-5-7-12(3)19-16-11-14(17)8-9-15(16)13(4)18-10-6-2/h8-9,11-13,18H,5-7,10H2,1-4H3. The summed E-state index contributed by atoms with van der Waals surface area (Å²) in [6.45, 7) is 9.73. The Balaban J connectivity index is 2.84. The molecule has 0 bridgehead atoms. The van der Waals surface area contributed by atoms with Gasteiger partial charge in [-0.2, -0.15) is 0 Å². The van der Waals surface area contributed by atoms with Gasteiger partial charge in [-0.25, -0.2) is 0 Å². The van der Waals surface area contributed by atoms with Crippen LogP contribution in [0.25, 0.3) is 0 Å². The molecular weight excluding hydrogens is 302 g/mol. The summed E-state index contributed by atoms with van der Waals surface area (Å²) in [5.41, 5.74) is 1.24. The Morgan fingerprint density at radius 1 is 1.21 bits per heavy atom. The molecule has 1 aromatic carbocycles. The number of rotatable bonds is 8. The molecule has 0 amide bonds. The zero-order valence-corrected chi connectivity index (χ0v) is 14.1. The predicted octanol–water partition coefficient (Wildman–Crippen LogP) is 5.08. The van der Waals surface area contributed by atoms with Crippen LogP contribution < -0.4 is 10.1 Å². The Kier molecular flexibility index (Phi) is 7.47. The largest absolute Gasteiger partial charge is 0.490 e. The summed E-state index contributed by atoms with van der Waals surface area (Å²) in [6, 6.07) is 6.62. The van der Waals surface area contributed by atoms with Crippen molar-refractivity contribution in [3.05, 3.63) is 28.2 Å². The molecule has 0 fully saturated rings. The molecule has 19 heavy (non-hydrogen) atoms. The lowest BCUT2D eigenvalue weighted by atomic mass is 10.1. The fourth-order valence-corrected chi connectivity index (χ4v) is 2.46. The number of ether oxygens (including phenoxy) is 1. The lowest BCUT2D eigenvalue weighted by Crippen LogP contribution is -2.21. The average molecular weight is 328 g/mol. The van der Waals surface area contributed by atoms with Crippen LogP contribution in [0.1, 0.15) is 58.6 Å². The molecule has 0 saturated carbocycles. The van der Waals surface area contributed by atoms with Crippen LogP contribution in [0, 0.1) is 0 Å². The average Bonchev–Trinajstić information content (AvgIpc) is 2.36. The topological polar surface area (TPSA) is 21.3 Å². The van der Waals surface area contributed by atoms with Crippen LogP contribution in [-0.4, -0.2) is 12.6 Å². The number of hydrogen-bond donors (Lipinski definition) is 1. The molecule has 0 radical (unpaired) electrons. The van der Waals surface area contributed by atoms with E-state index in [4.69, 9.17) is 4.74 Å². The van der Waals surface area contributed by atoms with Crippen molar-refractivity contribution in [1.82, 2.24) is 5.32 Å². The van der Waals surface area contributed by atoms with Gasteiger partial charge in [0.25, 0.3) is 0 Å². The zero-order valence-electron chi connectivity index (χ0n) is 12.5. The second-order valence-corrected chi connectivity index (χ2v) is 5.99. The first-order valence-electron chi connectivity index (χ1n) is 7.27. The van der Waals surface area contributed by atoms with Crippen molar-refractivity contribution in [2.24, 2.45) is 0 Å². The van der Waals surface area contributed by atoms with Crippen LogP contribution in [0.4, 0.5) is 0 Å². The molecule has 0 aromatic heterocycles. The van der Waals surface area contributed by atoms with Gasteiger partial charge in [-0.05, 0) is 45.4 Å². The molecule has 2 atom stereocenters. The molecule has 1 rings (SSSR count). The zero-order chi connectivity index (χ0) is 14.3. The van der Waals surface area contributed by atoms with Gasteiger partial charge in [-0.15, -0.1) is 0 Å². The van der Waals surface area contributed by atoms with E-state index in [0.717, 1.165) is 36.0 Å². The second-order valence-electron chi connectivity index (χ2n) is 5.08. The van der Waals surface area contributed by atoms with E-state index in [2.05, 4.69) is 67.1 Å². The Bertz CT molecular complexity index is 381. The third kappa shape index (κ3) is 5.53. The van der Waals surface area contributed by atoms with Crippen molar-refractivity contribution in [2.75, 3.05) is 6.54 Å². The number of halogens is 1. The van der Waals surface area contributed by atoms with Crippen LogP contribution in [-0.2, 0) is 0 Å². The Labute approximate surface area is 126 Å². The highest BCUT2D eigenvalue weighted by Crippen LogP contribution is 2.30. The molecule has 1 N–H and O–H groups in total. The van der Waals surface area contributed by atoms with Crippen LogP contribution >= 0.6 is 15.9 Å². The van der Waals surface area contributed by atoms with Crippen LogP contribution in [0.5, 0.6) is 5.75 Å². The molecule has 0 aliphatic rings. The second kappa shape index (κ2) is 8.60. The van der Waals surface area contributed by atoms with E-state index in [9.17, 15) is 0 Å².